The van der Waals surface area contributed by atoms with Crippen molar-refractivity contribution in [3.05, 3.63) is 90.1 Å². The van der Waals surface area contributed by atoms with Crippen LogP contribution >= 0.6 is 0 Å². The number of allylic oxidation sites excluding steroid dienone is 2. The number of benzene rings is 2. The van der Waals surface area contributed by atoms with Crippen LogP contribution in [-0.2, 0) is 36.7 Å². The van der Waals surface area contributed by atoms with Gasteiger partial charge < -0.3 is 9.52 Å². The van der Waals surface area contributed by atoms with Crippen molar-refractivity contribution in [1.82, 2.24) is 15.0 Å². The number of rotatable bonds is 11. The summed E-state index contributed by atoms with van der Waals surface area (Å²) in [5.41, 5.74) is 7.59. The molecule has 0 aliphatic rings. The third-order valence-corrected chi connectivity index (χ3v) is 8.99. The number of nitrogens with zero attached hydrogens (tertiary/aromatic N) is 3. The van der Waals surface area contributed by atoms with E-state index >= 15 is 0 Å². The van der Waals surface area contributed by atoms with Crippen molar-refractivity contribution in [2.75, 3.05) is 0 Å². The maximum atomic E-state index is 11.7. The van der Waals surface area contributed by atoms with E-state index in [2.05, 4.69) is 87.1 Å². The summed E-state index contributed by atoms with van der Waals surface area (Å²) in [5.74, 6) is 1.06. The standard InChI is InChI=1S/C29H28N3O.C13H24O2.Ir/c1-18(2)12-21-15-27(32-24-10-11-33-28(21)24)26-16-25(30-17-31-26)20-13-19-8-6-7-9-22(19)23(14-20)29(3,4)5;1-5-10(6-2)12(14)9-13(15)11(7-3)8-4;/h6-11,14-18H,12H2,1-5H3;9-11,14H,5-8H2,1-4H3;/q-1;;/b;12-9-;. The molecule has 1 N–H and O–H groups in total. The van der Waals surface area contributed by atoms with Crippen molar-refractivity contribution in [2.24, 2.45) is 17.8 Å². The molecular formula is C42H52IrN3O3-. The van der Waals surface area contributed by atoms with E-state index in [0.29, 0.717) is 5.92 Å². The zero-order valence-electron chi connectivity index (χ0n) is 30.6. The summed E-state index contributed by atoms with van der Waals surface area (Å²) in [6.07, 6.45) is 9.15. The van der Waals surface area contributed by atoms with Crippen LogP contribution in [0.2, 0.25) is 0 Å². The van der Waals surface area contributed by atoms with Crippen LogP contribution in [0, 0.1) is 23.8 Å². The van der Waals surface area contributed by atoms with Gasteiger partial charge in [-0.25, -0.2) is 9.97 Å². The number of aromatic nitrogens is 3. The van der Waals surface area contributed by atoms with Crippen molar-refractivity contribution in [1.29, 1.82) is 0 Å². The average Bonchev–Trinajstić information content (AvgIpc) is 3.54. The molecule has 263 valence electrons. The van der Waals surface area contributed by atoms with Gasteiger partial charge in [0.05, 0.1) is 23.4 Å². The van der Waals surface area contributed by atoms with Gasteiger partial charge in [0.1, 0.15) is 11.8 Å². The van der Waals surface area contributed by atoms with Gasteiger partial charge in [0.2, 0.25) is 0 Å². The summed E-state index contributed by atoms with van der Waals surface area (Å²) in [6, 6.07) is 20.2. The van der Waals surface area contributed by atoms with Crippen LogP contribution in [0.3, 0.4) is 0 Å². The van der Waals surface area contributed by atoms with Crippen LogP contribution in [0.4, 0.5) is 0 Å². The first-order valence-corrected chi connectivity index (χ1v) is 17.5. The summed E-state index contributed by atoms with van der Waals surface area (Å²) >= 11 is 0. The molecule has 0 aliphatic carbocycles. The van der Waals surface area contributed by atoms with Gasteiger partial charge >= 0.3 is 0 Å². The Morgan fingerprint density at radius 2 is 1.55 bits per heavy atom. The Hall–Kier alpha value is -3.67. The number of ketones is 1. The van der Waals surface area contributed by atoms with Crippen molar-refractivity contribution in [3.63, 3.8) is 0 Å². The van der Waals surface area contributed by atoms with Gasteiger partial charge in [0, 0.05) is 49.8 Å². The summed E-state index contributed by atoms with van der Waals surface area (Å²) in [6.45, 7) is 19.2. The van der Waals surface area contributed by atoms with Gasteiger partial charge in [-0.1, -0.05) is 91.5 Å². The van der Waals surface area contributed by atoms with E-state index < -0.39 is 0 Å². The molecule has 0 spiro atoms. The number of furan rings is 1. The van der Waals surface area contributed by atoms with E-state index in [1.54, 1.807) is 12.6 Å². The van der Waals surface area contributed by atoms with Crippen LogP contribution in [0.5, 0.6) is 0 Å². The number of aliphatic hydroxyl groups is 1. The molecule has 2 aromatic carbocycles. The Bertz CT molecular complexity index is 1860. The van der Waals surface area contributed by atoms with Crippen LogP contribution < -0.4 is 0 Å². The van der Waals surface area contributed by atoms with E-state index in [4.69, 9.17) is 9.40 Å². The molecule has 5 aromatic rings. The van der Waals surface area contributed by atoms with Crippen LogP contribution in [-0.4, -0.2) is 25.8 Å². The molecule has 0 saturated carbocycles. The summed E-state index contributed by atoms with van der Waals surface area (Å²) in [7, 11) is 0. The van der Waals surface area contributed by atoms with Gasteiger partial charge in [0.15, 0.2) is 11.4 Å². The molecule has 0 aliphatic heterocycles. The summed E-state index contributed by atoms with van der Waals surface area (Å²) in [4.78, 5) is 25.7. The fraction of sp³-hybridized carbons (Fsp3) is 0.429. The molecule has 0 fully saturated rings. The van der Waals surface area contributed by atoms with E-state index in [1.165, 1.54) is 17.0 Å². The second-order valence-electron chi connectivity index (χ2n) is 14.1. The zero-order chi connectivity index (χ0) is 35.0. The van der Waals surface area contributed by atoms with Gasteiger partial charge in [-0.3, -0.25) is 9.78 Å². The summed E-state index contributed by atoms with van der Waals surface area (Å²) < 4.78 is 5.72. The molecule has 0 atom stereocenters. The fourth-order valence-electron chi connectivity index (χ4n) is 6.16. The van der Waals surface area contributed by atoms with E-state index in [0.717, 1.165) is 76.8 Å². The Morgan fingerprint density at radius 3 is 2.18 bits per heavy atom. The molecule has 3 aromatic heterocycles. The molecule has 6 nitrogen and oxygen atoms in total. The molecular weight excluding hydrogens is 787 g/mol. The third-order valence-electron chi connectivity index (χ3n) is 8.99. The SMILES string of the molecule is CC(C)Cc1cc(-c2cc(-c3[c-]c4ccccc4c(C(C)(C)C)c3)ncn2)nc2ccoc12.CCC(CC)C(=O)/C=C(\O)C(CC)CC.[Ir]. The van der Waals surface area contributed by atoms with Crippen molar-refractivity contribution in [3.8, 4) is 22.6 Å². The Balaban J connectivity index is 0.000000347. The minimum absolute atomic E-state index is 0. The molecule has 7 heteroatoms. The molecule has 0 saturated heterocycles. The Labute approximate surface area is 306 Å². The largest absolute Gasteiger partial charge is 0.512 e. The first kappa shape index (κ1) is 39.8. The molecule has 0 amide bonds. The summed E-state index contributed by atoms with van der Waals surface area (Å²) in [5, 5.41) is 12.1. The zero-order valence-corrected chi connectivity index (χ0v) is 33.0. The topological polar surface area (TPSA) is 89.1 Å². The molecule has 3 heterocycles. The smallest absolute Gasteiger partial charge is 0.162 e. The number of fused-ring (bicyclic) bond motifs is 2. The normalized spacial score (nSPS) is 12.0. The number of carbonyl (C=O) groups is 1. The molecule has 0 unspecified atom stereocenters. The van der Waals surface area contributed by atoms with Crippen molar-refractivity contribution >= 4 is 27.7 Å². The van der Waals surface area contributed by atoms with E-state index in [-0.39, 0.29) is 48.9 Å². The minimum Gasteiger partial charge on any atom is -0.512 e. The van der Waals surface area contributed by atoms with Crippen molar-refractivity contribution in [2.45, 2.75) is 99.8 Å². The molecule has 49 heavy (non-hydrogen) atoms. The molecule has 0 bridgehead atoms. The van der Waals surface area contributed by atoms with Gasteiger partial charge in [-0.2, -0.15) is 0 Å². The fourth-order valence-corrected chi connectivity index (χ4v) is 6.16. The first-order chi connectivity index (χ1) is 22.9. The van der Waals surface area contributed by atoms with E-state index in [9.17, 15) is 9.90 Å². The maximum Gasteiger partial charge on any atom is 0.162 e. The molecule has 1 radical (unpaired) electrons. The number of hydrogen-bond donors (Lipinski definition) is 1. The van der Waals surface area contributed by atoms with Crippen LogP contribution in [0.25, 0.3) is 44.5 Å². The second kappa shape index (κ2) is 17.8. The first-order valence-electron chi connectivity index (χ1n) is 17.5. The monoisotopic (exact) mass is 839 g/mol. The number of aliphatic hydroxyl groups excluding tert-OH is 1. The predicted molar refractivity (Wildman–Crippen MR) is 198 cm³/mol. The van der Waals surface area contributed by atoms with E-state index in [1.807, 2.05) is 39.8 Å². The molecule has 5 rings (SSSR count). The van der Waals surface area contributed by atoms with Crippen molar-refractivity contribution < 1.29 is 34.4 Å². The predicted octanol–water partition coefficient (Wildman–Crippen LogP) is 11.3. The van der Waals surface area contributed by atoms with Crippen LogP contribution in [0.15, 0.2) is 77.4 Å². The number of hydrogen-bond acceptors (Lipinski definition) is 6. The maximum absolute atomic E-state index is 11.7. The van der Waals surface area contributed by atoms with Gasteiger partial charge in [-0.15, -0.1) is 29.1 Å². The minimum atomic E-state index is -0.00106. The number of pyridine rings is 1. The van der Waals surface area contributed by atoms with Crippen LogP contribution in [0.1, 0.15) is 99.1 Å². The second-order valence-corrected chi connectivity index (χ2v) is 14.1. The van der Waals surface area contributed by atoms with Gasteiger partial charge in [-0.05, 0) is 61.1 Å². The third kappa shape index (κ3) is 9.95. The van der Waals surface area contributed by atoms with Gasteiger partial charge in [0.25, 0.3) is 0 Å². The quantitative estimate of drug-likeness (QED) is 0.0810. The number of carbonyl (C=O) groups excluding carboxylic acids is 1. The average molecular weight is 839 g/mol. The Morgan fingerprint density at radius 1 is 0.898 bits per heavy atom. The Kier molecular flexibility index (Phi) is 14.5.